The molecule has 0 spiro atoms. The van der Waals surface area contributed by atoms with E-state index in [1.807, 2.05) is 6.07 Å². The van der Waals surface area contributed by atoms with Crippen molar-refractivity contribution >= 4 is 46.5 Å². The summed E-state index contributed by atoms with van der Waals surface area (Å²) in [5.74, 6) is -1.10. The van der Waals surface area contributed by atoms with E-state index in [9.17, 15) is 14.4 Å². The van der Waals surface area contributed by atoms with Crippen LogP contribution < -0.4 is 16.0 Å². The van der Waals surface area contributed by atoms with Crippen molar-refractivity contribution in [3.05, 3.63) is 95.6 Å². The van der Waals surface area contributed by atoms with E-state index in [0.29, 0.717) is 28.1 Å². The van der Waals surface area contributed by atoms with E-state index in [4.69, 9.17) is 12.2 Å². The summed E-state index contributed by atoms with van der Waals surface area (Å²) in [5, 5.41) is 8.40. The van der Waals surface area contributed by atoms with Crippen LogP contribution in [-0.2, 0) is 4.74 Å². The number of carbonyl (C=O) groups excluding carboxylic acids is 3. The van der Waals surface area contributed by atoms with E-state index < -0.39 is 11.9 Å². The number of hydrogen-bond acceptors (Lipinski definition) is 5. The molecule has 156 valence electrons. The Hall–Kier alpha value is -4.04. The quantitative estimate of drug-likeness (QED) is 0.418. The van der Waals surface area contributed by atoms with Crippen molar-refractivity contribution in [3.8, 4) is 0 Å². The van der Waals surface area contributed by atoms with Crippen LogP contribution in [0.15, 0.2) is 78.9 Å². The third kappa shape index (κ3) is 5.97. The molecule has 0 saturated heterocycles. The van der Waals surface area contributed by atoms with Gasteiger partial charge in [-0.3, -0.25) is 14.9 Å². The van der Waals surface area contributed by atoms with Gasteiger partial charge in [0.1, 0.15) is 0 Å². The third-order valence-corrected chi connectivity index (χ3v) is 4.44. The van der Waals surface area contributed by atoms with Gasteiger partial charge in [0.2, 0.25) is 0 Å². The molecule has 0 radical (unpaired) electrons. The Labute approximate surface area is 184 Å². The fourth-order valence-corrected chi connectivity index (χ4v) is 2.85. The van der Waals surface area contributed by atoms with Crippen LogP contribution in [0.25, 0.3) is 0 Å². The normalized spacial score (nSPS) is 9.97. The molecule has 0 aliphatic carbocycles. The molecule has 3 N–H and O–H groups in total. The molecule has 0 atom stereocenters. The lowest BCUT2D eigenvalue weighted by molar-refractivity contribution is 0.0600. The first-order chi connectivity index (χ1) is 15.0. The molecule has 31 heavy (non-hydrogen) atoms. The fourth-order valence-electron chi connectivity index (χ4n) is 2.64. The average Bonchev–Trinajstić information content (AvgIpc) is 2.80. The van der Waals surface area contributed by atoms with E-state index in [1.165, 1.54) is 31.4 Å². The van der Waals surface area contributed by atoms with E-state index >= 15 is 0 Å². The smallest absolute Gasteiger partial charge is 0.337 e. The number of esters is 1. The molecule has 7 nitrogen and oxygen atoms in total. The molecule has 2 amide bonds. The Bertz CT molecular complexity index is 1100. The molecular weight excluding hydrogens is 414 g/mol. The number of nitrogens with one attached hydrogen (secondary N) is 3. The molecule has 0 fully saturated rings. The van der Waals surface area contributed by atoms with Crippen LogP contribution >= 0.6 is 12.2 Å². The van der Waals surface area contributed by atoms with Crippen LogP contribution in [0.5, 0.6) is 0 Å². The van der Waals surface area contributed by atoms with Crippen molar-refractivity contribution in [1.29, 1.82) is 0 Å². The zero-order valence-corrected chi connectivity index (χ0v) is 17.4. The van der Waals surface area contributed by atoms with Gasteiger partial charge in [-0.15, -0.1) is 0 Å². The van der Waals surface area contributed by atoms with Gasteiger partial charge >= 0.3 is 5.97 Å². The lowest BCUT2D eigenvalue weighted by Crippen LogP contribution is -2.34. The molecule has 0 unspecified atom stereocenters. The molecule has 0 aliphatic rings. The minimum Gasteiger partial charge on any atom is -0.465 e. The average molecular weight is 433 g/mol. The predicted octanol–water partition coefficient (Wildman–Crippen LogP) is 3.85. The number of ether oxygens (including phenoxy) is 1. The topological polar surface area (TPSA) is 96.5 Å². The van der Waals surface area contributed by atoms with Crippen LogP contribution in [0.1, 0.15) is 31.1 Å². The number of amides is 2. The van der Waals surface area contributed by atoms with Gasteiger partial charge in [0, 0.05) is 22.5 Å². The Kier molecular flexibility index (Phi) is 7.08. The second-order valence-electron chi connectivity index (χ2n) is 6.37. The lowest BCUT2D eigenvalue weighted by atomic mass is 10.1. The first-order valence-corrected chi connectivity index (χ1v) is 9.64. The predicted molar refractivity (Wildman–Crippen MR) is 122 cm³/mol. The molecule has 0 aliphatic heterocycles. The number of rotatable bonds is 5. The fraction of sp³-hybridized carbons (Fsp3) is 0.0435. The van der Waals surface area contributed by atoms with E-state index in [2.05, 4.69) is 20.7 Å². The van der Waals surface area contributed by atoms with Gasteiger partial charge in [0.25, 0.3) is 11.8 Å². The summed E-state index contributed by atoms with van der Waals surface area (Å²) in [6.07, 6.45) is 0. The lowest BCUT2D eigenvalue weighted by Gasteiger charge is -2.11. The van der Waals surface area contributed by atoms with Gasteiger partial charge in [0.05, 0.1) is 12.7 Å². The molecule has 3 aromatic rings. The number of methoxy groups -OCH3 is 1. The number of hydrogen-bond donors (Lipinski definition) is 3. The van der Waals surface area contributed by atoms with Crippen LogP contribution in [0.4, 0.5) is 11.4 Å². The summed E-state index contributed by atoms with van der Waals surface area (Å²) in [6.45, 7) is 0. The van der Waals surface area contributed by atoms with Crippen LogP contribution in [0.2, 0.25) is 0 Å². The maximum atomic E-state index is 12.3. The van der Waals surface area contributed by atoms with Crippen LogP contribution in [0.3, 0.4) is 0 Å². The summed E-state index contributed by atoms with van der Waals surface area (Å²) >= 11 is 5.18. The maximum Gasteiger partial charge on any atom is 0.337 e. The highest BCUT2D eigenvalue weighted by molar-refractivity contribution is 7.80. The Morgan fingerprint density at radius 2 is 1.19 bits per heavy atom. The minimum absolute atomic E-state index is 0.114. The molecule has 3 rings (SSSR count). The molecule has 0 bridgehead atoms. The minimum atomic E-state index is -0.479. The number of carbonyl (C=O) groups is 3. The van der Waals surface area contributed by atoms with E-state index in [1.54, 1.807) is 48.5 Å². The summed E-state index contributed by atoms with van der Waals surface area (Å²) in [7, 11) is 1.29. The Balaban J connectivity index is 1.54. The first kappa shape index (κ1) is 21.7. The zero-order chi connectivity index (χ0) is 22.2. The van der Waals surface area contributed by atoms with Crippen molar-refractivity contribution in [2.45, 2.75) is 0 Å². The third-order valence-electron chi connectivity index (χ3n) is 4.23. The van der Waals surface area contributed by atoms with Gasteiger partial charge in [-0.25, -0.2) is 4.79 Å². The van der Waals surface area contributed by atoms with Crippen molar-refractivity contribution in [2.75, 3.05) is 17.7 Å². The molecule has 0 saturated carbocycles. The number of benzene rings is 3. The van der Waals surface area contributed by atoms with Gasteiger partial charge in [-0.2, -0.15) is 0 Å². The highest BCUT2D eigenvalue weighted by Crippen LogP contribution is 2.15. The molecule has 8 heteroatoms. The van der Waals surface area contributed by atoms with Crippen LogP contribution in [0, 0.1) is 0 Å². The summed E-state index contributed by atoms with van der Waals surface area (Å²) in [5.41, 5.74) is 2.52. The largest absolute Gasteiger partial charge is 0.465 e. The summed E-state index contributed by atoms with van der Waals surface area (Å²) < 4.78 is 4.63. The van der Waals surface area contributed by atoms with Gasteiger partial charge in [-0.1, -0.05) is 18.2 Å². The van der Waals surface area contributed by atoms with Crippen molar-refractivity contribution in [3.63, 3.8) is 0 Å². The monoisotopic (exact) mass is 433 g/mol. The molecule has 3 aromatic carbocycles. The standard InChI is InChI=1S/C23H19N3O4S/c1-30-22(29)17-9-7-16(8-10-17)21(28)26-23(31)25-19-13-11-18(12-14-19)24-20(27)15-5-3-2-4-6-15/h2-14H,1H3,(H,24,27)(H2,25,26,28,31). The van der Waals surface area contributed by atoms with E-state index in [-0.39, 0.29) is 11.0 Å². The van der Waals surface area contributed by atoms with Gasteiger partial charge in [-0.05, 0) is 72.9 Å². The van der Waals surface area contributed by atoms with E-state index in [0.717, 1.165) is 0 Å². The van der Waals surface area contributed by atoms with Crippen LogP contribution in [-0.4, -0.2) is 30.0 Å². The SMILES string of the molecule is COC(=O)c1ccc(C(=O)NC(=S)Nc2ccc(NC(=O)c3ccccc3)cc2)cc1. The second kappa shape index (κ2) is 10.1. The summed E-state index contributed by atoms with van der Waals surface area (Å²) in [6, 6.07) is 21.8. The zero-order valence-electron chi connectivity index (χ0n) is 16.5. The number of thiocarbonyl (C=S) groups is 1. The van der Waals surface area contributed by atoms with Gasteiger partial charge < -0.3 is 15.4 Å². The molecule has 0 aromatic heterocycles. The first-order valence-electron chi connectivity index (χ1n) is 9.23. The Morgan fingerprint density at radius 1 is 0.677 bits per heavy atom. The Morgan fingerprint density at radius 3 is 1.77 bits per heavy atom. The van der Waals surface area contributed by atoms with Gasteiger partial charge in [0.15, 0.2) is 5.11 Å². The maximum absolute atomic E-state index is 12.3. The van der Waals surface area contributed by atoms with Crippen molar-refractivity contribution < 1.29 is 19.1 Å². The second-order valence-corrected chi connectivity index (χ2v) is 6.78. The number of anilines is 2. The van der Waals surface area contributed by atoms with Crippen molar-refractivity contribution in [1.82, 2.24) is 5.32 Å². The molecule has 0 heterocycles. The highest BCUT2D eigenvalue weighted by atomic mass is 32.1. The molecular formula is C23H19N3O4S. The van der Waals surface area contributed by atoms with Crippen molar-refractivity contribution in [2.24, 2.45) is 0 Å². The highest BCUT2D eigenvalue weighted by Gasteiger charge is 2.11. The summed E-state index contributed by atoms with van der Waals surface area (Å²) in [4.78, 5) is 35.9.